The van der Waals surface area contributed by atoms with Gasteiger partial charge in [0.05, 0.1) is 0 Å². The molecule has 4 nitrogen and oxygen atoms in total. The van der Waals surface area contributed by atoms with Gasteiger partial charge in [-0.2, -0.15) is 0 Å². The maximum Gasteiger partial charge on any atom is 0.334 e. The van der Waals surface area contributed by atoms with E-state index >= 15 is 0 Å². The van der Waals surface area contributed by atoms with Crippen LogP contribution < -0.4 is 0 Å². The van der Waals surface area contributed by atoms with Crippen LogP contribution in [0.3, 0.4) is 0 Å². The lowest BCUT2D eigenvalue weighted by Gasteiger charge is -2.35. The van der Waals surface area contributed by atoms with E-state index in [1.54, 1.807) is 0 Å². The van der Waals surface area contributed by atoms with Gasteiger partial charge >= 0.3 is 11.9 Å². The Bertz CT molecular complexity index is 641. The maximum atomic E-state index is 12.4. The zero-order valence-electron chi connectivity index (χ0n) is 16.7. The van der Waals surface area contributed by atoms with Gasteiger partial charge < -0.3 is 9.47 Å². The fourth-order valence-electron chi connectivity index (χ4n) is 5.04. The minimum atomic E-state index is -0.232. The fraction of sp³-hybridized carbons (Fsp3) is 0.727. The number of ether oxygens (including phenoxy) is 2. The molecule has 0 radical (unpaired) electrons. The molecular formula is C22H32O4. The fourth-order valence-corrected chi connectivity index (χ4v) is 5.04. The highest BCUT2D eigenvalue weighted by molar-refractivity contribution is 5.93. The number of rotatable bonds is 5. The molecule has 0 spiro atoms. The van der Waals surface area contributed by atoms with Gasteiger partial charge in [-0.05, 0) is 68.8 Å². The minimum Gasteiger partial charge on any atom is -0.462 e. The van der Waals surface area contributed by atoms with Gasteiger partial charge in [0.25, 0.3) is 0 Å². The second kappa shape index (κ2) is 7.58. The Balaban J connectivity index is 1.93. The van der Waals surface area contributed by atoms with E-state index in [-0.39, 0.29) is 24.0 Å². The molecule has 144 valence electrons. The normalized spacial score (nSPS) is 34.0. The van der Waals surface area contributed by atoms with Crippen LogP contribution in [0.1, 0.15) is 60.3 Å². The molecule has 0 bridgehead atoms. The summed E-state index contributed by atoms with van der Waals surface area (Å²) in [6.45, 7) is 10.5. The summed E-state index contributed by atoms with van der Waals surface area (Å²) in [4.78, 5) is 24.2. The average molecular weight is 360 g/mol. The molecule has 3 aliphatic rings. The summed E-state index contributed by atoms with van der Waals surface area (Å²) < 4.78 is 11.3. The van der Waals surface area contributed by atoms with Crippen LogP contribution in [0, 0.1) is 29.6 Å². The Hall–Kier alpha value is -1.58. The van der Waals surface area contributed by atoms with Gasteiger partial charge in [0, 0.05) is 18.4 Å². The Labute approximate surface area is 157 Å². The lowest BCUT2D eigenvalue weighted by Crippen LogP contribution is -2.36. The molecule has 2 aliphatic carbocycles. The minimum absolute atomic E-state index is 0.0786. The molecule has 0 unspecified atom stereocenters. The van der Waals surface area contributed by atoms with Crippen LogP contribution >= 0.6 is 0 Å². The molecule has 6 atom stereocenters. The first-order valence-corrected chi connectivity index (χ1v) is 10.00. The van der Waals surface area contributed by atoms with Gasteiger partial charge in [0.1, 0.15) is 12.7 Å². The zero-order valence-corrected chi connectivity index (χ0v) is 16.7. The molecule has 1 fully saturated rings. The van der Waals surface area contributed by atoms with Crippen molar-refractivity contribution in [2.24, 2.45) is 29.6 Å². The van der Waals surface area contributed by atoms with E-state index in [2.05, 4.69) is 33.8 Å². The predicted octanol–water partition coefficient (Wildman–Crippen LogP) is 4.45. The number of hydrogen-bond acceptors (Lipinski definition) is 4. The number of fused-ring (bicyclic) bond motifs is 2. The summed E-state index contributed by atoms with van der Waals surface area (Å²) in [5.74, 6) is 1.39. The van der Waals surface area contributed by atoms with E-state index in [1.165, 1.54) is 12.5 Å². The summed E-state index contributed by atoms with van der Waals surface area (Å²) in [5, 5.41) is 0. The number of hydrogen-bond donors (Lipinski definition) is 0. The summed E-state index contributed by atoms with van der Waals surface area (Å²) in [5.41, 5.74) is 3.35. The number of carbonyl (C=O) groups excluding carboxylic acids is 2. The van der Waals surface area contributed by atoms with E-state index in [1.807, 2.05) is 0 Å². The van der Waals surface area contributed by atoms with Crippen LogP contribution in [-0.4, -0.2) is 24.6 Å². The summed E-state index contributed by atoms with van der Waals surface area (Å²) >= 11 is 0. The van der Waals surface area contributed by atoms with Crippen molar-refractivity contribution in [3.8, 4) is 0 Å². The Morgan fingerprint density at radius 2 is 2.04 bits per heavy atom. The SMILES string of the molecule is CC(=O)O[C@@H]1C[C@H](C)[C@@H]2C[C@@H]2C2=C(COC2=O)[C@@H]1[C@H](C)CCC=C(C)C. The molecule has 1 aliphatic heterocycles. The van der Waals surface area contributed by atoms with Crippen molar-refractivity contribution in [1.29, 1.82) is 0 Å². The molecular weight excluding hydrogens is 328 g/mol. The zero-order chi connectivity index (χ0) is 19.0. The van der Waals surface area contributed by atoms with Crippen LogP contribution in [0.25, 0.3) is 0 Å². The van der Waals surface area contributed by atoms with Crippen molar-refractivity contribution in [2.45, 2.75) is 66.4 Å². The largest absolute Gasteiger partial charge is 0.462 e. The van der Waals surface area contributed by atoms with E-state index in [4.69, 9.17) is 9.47 Å². The number of cyclic esters (lactones) is 1. The maximum absolute atomic E-state index is 12.4. The molecule has 0 aromatic carbocycles. The Kier molecular flexibility index (Phi) is 5.59. The molecule has 1 heterocycles. The molecule has 26 heavy (non-hydrogen) atoms. The third-order valence-electron chi connectivity index (χ3n) is 6.38. The highest BCUT2D eigenvalue weighted by atomic mass is 16.5. The smallest absolute Gasteiger partial charge is 0.334 e. The molecule has 0 N–H and O–H groups in total. The van der Waals surface area contributed by atoms with Crippen molar-refractivity contribution >= 4 is 11.9 Å². The molecule has 0 aromatic heterocycles. The van der Waals surface area contributed by atoms with Crippen molar-refractivity contribution in [2.75, 3.05) is 6.61 Å². The quantitative estimate of drug-likeness (QED) is 0.537. The van der Waals surface area contributed by atoms with Gasteiger partial charge in [-0.25, -0.2) is 4.79 Å². The summed E-state index contributed by atoms with van der Waals surface area (Å²) in [6, 6.07) is 0. The van der Waals surface area contributed by atoms with Gasteiger partial charge in [0.2, 0.25) is 0 Å². The molecule has 0 aromatic rings. The number of carbonyl (C=O) groups is 2. The lowest BCUT2D eigenvalue weighted by molar-refractivity contribution is -0.150. The second-order valence-corrected chi connectivity index (χ2v) is 8.74. The Morgan fingerprint density at radius 1 is 1.31 bits per heavy atom. The van der Waals surface area contributed by atoms with Gasteiger partial charge in [0.15, 0.2) is 0 Å². The molecule has 0 amide bonds. The van der Waals surface area contributed by atoms with Crippen LogP contribution in [0.15, 0.2) is 22.8 Å². The van der Waals surface area contributed by atoms with E-state index < -0.39 is 0 Å². The molecule has 3 rings (SSSR count). The van der Waals surface area contributed by atoms with E-state index in [0.717, 1.165) is 36.8 Å². The average Bonchev–Trinajstić information content (AvgIpc) is 3.22. The monoisotopic (exact) mass is 360 g/mol. The first-order valence-electron chi connectivity index (χ1n) is 10.00. The highest BCUT2D eigenvalue weighted by Gasteiger charge is 2.53. The van der Waals surface area contributed by atoms with Crippen molar-refractivity contribution < 1.29 is 19.1 Å². The topological polar surface area (TPSA) is 52.6 Å². The first kappa shape index (κ1) is 19.2. The third kappa shape index (κ3) is 3.89. The van der Waals surface area contributed by atoms with Crippen LogP contribution in [0.5, 0.6) is 0 Å². The molecule has 1 saturated carbocycles. The highest BCUT2D eigenvalue weighted by Crippen LogP contribution is 2.56. The van der Waals surface area contributed by atoms with Gasteiger partial charge in [-0.3, -0.25) is 4.79 Å². The van der Waals surface area contributed by atoms with Crippen molar-refractivity contribution in [3.05, 3.63) is 22.8 Å². The predicted molar refractivity (Wildman–Crippen MR) is 100 cm³/mol. The lowest BCUT2D eigenvalue weighted by atomic mass is 9.73. The van der Waals surface area contributed by atoms with Crippen LogP contribution in [-0.2, 0) is 19.1 Å². The Morgan fingerprint density at radius 3 is 2.69 bits per heavy atom. The molecule has 0 saturated heterocycles. The standard InChI is InChI=1S/C22H32O4/c1-12(2)7-6-8-13(3)20-18-11-25-22(24)21(18)17-10-16(17)14(4)9-19(20)26-15(5)23/h7,13-14,16-17,19-20H,6,8-11H2,1-5H3/t13-,14+,16+,17+,19-,20+/m1/s1. The number of allylic oxidation sites excluding steroid dienone is 2. The first-order chi connectivity index (χ1) is 12.3. The van der Waals surface area contributed by atoms with Gasteiger partial charge in [-0.15, -0.1) is 0 Å². The number of esters is 2. The van der Waals surface area contributed by atoms with Crippen LogP contribution in [0.4, 0.5) is 0 Å². The van der Waals surface area contributed by atoms with Crippen molar-refractivity contribution in [3.63, 3.8) is 0 Å². The van der Waals surface area contributed by atoms with Crippen LogP contribution in [0.2, 0.25) is 0 Å². The molecule has 4 heteroatoms. The summed E-state index contributed by atoms with van der Waals surface area (Å²) in [7, 11) is 0. The second-order valence-electron chi connectivity index (χ2n) is 8.74. The van der Waals surface area contributed by atoms with Crippen molar-refractivity contribution in [1.82, 2.24) is 0 Å². The van der Waals surface area contributed by atoms with Gasteiger partial charge in [-0.1, -0.05) is 25.5 Å². The summed E-state index contributed by atoms with van der Waals surface area (Å²) in [6.07, 6.45) is 6.06. The third-order valence-corrected chi connectivity index (χ3v) is 6.38. The van der Waals surface area contributed by atoms with E-state index in [9.17, 15) is 9.59 Å². The van der Waals surface area contributed by atoms with E-state index in [0.29, 0.717) is 30.3 Å².